The molecule has 1 atom stereocenters. The maximum absolute atomic E-state index is 12.4. The average molecular weight is 333 g/mol. The molecule has 0 heterocycles. The topological polar surface area (TPSA) is 91.4 Å². The van der Waals surface area contributed by atoms with E-state index in [0.29, 0.717) is 4.90 Å². The summed E-state index contributed by atoms with van der Waals surface area (Å²) in [6.07, 6.45) is -2.03. The molecular weight excluding hydrogens is 306 g/mol. The van der Waals surface area contributed by atoms with E-state index >= 15 is 0 Å². The molecule has 0 fully saturated rings. The summed E-state index contributed by atoms with van der Waals surface area (Å²) in [6.45, 7) is 9.60. The number of hydrogen-bond acceptors (Lipinski definition) is 7. The van der Waals surface area contributed by atoms with Gasteiger partial charge in [-0.3, -0.25) is 0 Å². The zero-order valence-electron chi connectivity index (χ0n) is 15.1. The summed E-state index contributed by atoms with van der Waals surface area (Å²) in [6, 6.07) is -1.31. The van der Waals surface area contributed by atoms with Gasteiger partial charge in [-0.05, 0) is 41.5 Å². The van der Waals surface area contributed by atoms with Crippen molar-refractivity contribution in [3.63, 3.8) is 0 Å². The van der Waals surface area contributed by atoms with Gasteiger partial charge in [0.05, 0.1) is 13.7 Å². The molecule has 8 nitrogen and oxygen atoms in total. The van der Waals surface area contributed by atoms with Crippen LogP contribution in [0.4, 0.5) is 9.59 Å². The molecule has 0 aliphatic carbocycles. The first-order valence-corrected chi connectivity index (χ1v) is 7.14. The van der Waals surface area contributed by atoms with Gasteiger partial charge in [0.25, 0.3) is 0 Å². The number of rotatable bonds is 4. The monoisotopic (exact) mass is 333 g/mol. The SMILES string of the molecule is COC[C@@H](C(=O)OC)N(C(=O)OC(C)(C)C)C(=O)OC(C)(C)C. The lowest BCUT2D eigenvalue weighted by Gasteiger charge is -2.31. The summed E-state index contributed by atoms with van der Waals surface area (Å²) < 4.78 is 19.9. The summed E-state index contributed by atoms with van der Waals surface area (Å²) in [4.78, 5) is 37.2. The van der Waals surface area contributed by atoms with Crippen molar-refractivity contribution in [3.05, 3.63) is 0 Å². The minimum atomic E-state index is -1.31. The molecule has 0 aromatic carbocycles. The summed E-state index contributed by atoms with van der Waals surface area (Å²) in [5.41, 5.74) is -1.71. The Kier molecular flexibility index (Phi) is 7.50. The zero-order valence-corrected chi connectivity index (χ0v) is 15.1. The molecule has 0 unspecified atom stereocenters. The standard InChI is InChI=1S/C15H27NO7/c1-14(2,3)22-12(18)16(13(19)23-15(4,5)6)10(9-20-7)11(17)21-8/h10H,9H2,1-8H3/t10-/m0/s1. The Labute approximate surface area is 137 Å². The number of imide groups is 1. The van der Waals surface area contributed by atoms with E-state index in [9.17, 15) is 14.4 Å². The molecule has 0 aliphatic rings. The first-order chi connectivity index (χ1) is 10.3. The highest BCUT2D eigenvalue weighted by atomic mass is 16.6. The second kappa shape index (κ2) is 8.14. The lowest BCUT2D eigenvalue weighted by atomic mass is 10.2. The second-order valence-electron chi connectivity index (χ2n) is 6.82. The smallest absolute Gasteiger partial charge is 0.420 e. The van der Waals surface area contributed by atoms with E-state index in [4.69, 9.17) is 14.2 Å². The number of ether oxygens (including phenoxy) is 4. The van der Waals surface area contributed by atoms with Crippen molar-refractivity contribution in [2.75, 3.05) is 20.8 Å². The molecule has 0 aromatic heterocycles. The maximum Gasteiger partial charge on any atom is 0.420 e. The molecule has 0 spiro atoms. The molecule has 23 heavy (non-hydrogen) atoms. The van der Waals surface area contributed by atoms with Crippen LogP contribution in [0.15, 0.2) is 0 Å². The van der Waals surface area contributed by atoms with E-state index in [1.807, 2.05) is 0 Å². The molecule has 0 aromatic rings. The van der Waals surface area contributed by atoms with Gasteiger partial charge in [0, 0.05) is 7.11 Å². The Hall–Kier alpha value is -1.83. The summed E-state index contributed by atoms with van der Waals surface area (Å²) >= 11 is 0. The van der Waals surface area contributed by atoms with Crippen molar-refractivity contribution in [2.24, 2.45) is 0 Å². The first kappa shape index (κ1) is 21.2. The number of methoxy groups -OCH3 is 2. The van der Waals surface area contributed by atoms with Crippen LogP contribution in [0, 0.1) is 0 Å². The number of amides is 2. The van der Waals surface area contributed by atoms with E-state index in [-0.39, 0.29) is 6.61 Å². The molecule has 0 bridgehead atoms. The third-order valence-electron chi connectivity index (χ3n) is 2.29. The third kappa shape index (κ3) is 7.83. The molecule has 0 N–H and O–H groups in total. The van der Waals surface area contributed by atoms with Gasteiger partial charge in [-0.1, -0.05) is 0 Å². The normalized spacial score (nSPS) is 13.0. The van der Waals surface area contributed by atoms with E-state index in [0.717, 1.165) is 7.11 Å². The highest BCUT2D eigenvalue weighted by Gasteiger charge is 2.40. The number of hydrogen-bond donors (Lipinski definition) is 0. The predicted octanol–water partition coefficient (Wildman–Crippen LogP) is 2.35. The fourth-order valence-corrected chi connectivity index (χ4v) is 1.49. The Bertz CT molecular complexity index is 406. The molecule has 8 heteroatoms. The van der Waals surface area contributed by atoms with Gasteiger partial charge >= 0.3 is 18.2 Å². The molecule has 0 aliphatic heterocycles. The highest BCUT2D eigenvalue weighted by molar-refractivity contribution is 5.94. The van der Waals surface area contributed by atoms with Crippen LogP contribution in [0.3, 0.4) is 0 Å². The highest BCUT2D eigenvalue weighted by Crippen LogP contribution is 2.17. The van der Waals surface area contributed by atoms with Crippen molar-refractivity contribution < 1.29 is 33.3 Å². The van der Waals surface area contributed by atoms with Crippen molar-refractivity contribution >= 4 is 18.2 Å². The van der Waals surface area contributed by atoms with Crippen molar-refractivity contribution in [1.29, 1.82) is 0 Å². The molecule has 134 valence electrons. The van der Waals surface area contributed by atoms with E-state index in [1.165, 1.54) is 7.11 Å². The van der Waals surface area contributed by atoms with Crippen LogP contribution in [0.1, 0.15) is 41.5 Å². The second-order valence-corrected chi connectivity index (χ2v) is 6.82. The number of nitrogens with zero attached hydrogens (tertiary/aromatic N) is 1. The molecule has 0 rings (SSSR count). The van der Waals surface area contributed by atoms with Gasteiger partial charge in [-0.2, -0.15) is 4.90 Å². The Morgan fingerprint density at radius 2 is 1.26 bits per heavy atom. The van der Waals surface area contributed by atoms with Crippen LogP contribution in [0.2, 0.25) is 0 Å². The van der Waals surface area contributed by atoms with Gasteiger partial charge < -0.3 is 18.9 Å². The minimum Gasteiger partial charge on any atom is -0.467 e. The van der Waals surface area contributed by atoms with Crippen LogP contribution in [0.5, 0.6) is 0 Å². The third-order valence-corrected chi connectivity index (χ3v) is 2.29. The fourth-order valence-electron chi connectivity index (χ4n) is 1.49. The van der Waals surface area contributed by atoms with Crippen LogP contribution in [0.25, 0.3) is 0 Å². The zero-order chi connectivity index (χ0) is 18.4. The van der Waals surface area contributed by atoms with Crippen molar-refractivity contribution in [1.82, 2.24) is 4.90 Å². The van der Waals surface area contributed by atoms with Crippen LogP contribution in [-0.2, 0) is 23.7 Å². The molecule has 0 radical (unpaired) electrons. The quantitative estimate of drug-likeness (QED) is 0.576. The van der Waals surface area contributed by atoms with E-state index < -0.39 is 35.4 Å². The lowest BCUT2D eigenvalue weighted by molar-refractivity contribution is -0.148. The largest absolute Gasteiger partial charge is 0.467 e. The van der Waals surface area contributed by atoms with Gasteiger partial charge in [-0.25, -0.2) is 14.4 Å². The van der Waals surface area contributed by atoms with Gasteiger partial charge in [0.1, 0.15) is 11.2 Å². The minimum absolute atomic E-state index is 0.245. The fraction of sp³-hybridized carbons (Fsp3) is 0.800. The molecule has 2 amide bonds. The molecule has 0 saturated carbocycles. The van der Waals surface area contributed by atoms with Crippen LogP contribution >= 0.6 is 0 Å². The Balaban J connectivity index is 5.62. The Morgan fingerprint density at radius 1 is 0.870 bits per heavy atom. The summed E-state index contributed by atoms with van der Waals surface area (Å²) in [5, 5.41) is 0. The van der Waals surface area contributed by atoms with Crippen molar-refractivity contribution in [2.45, 2.75) is 58.8 Å². The van der Waals surface area contributed by atoms with Crippen LogP contribution in [-0.4, -0.2) is 61.1 Å². The molecule has 0 saturated heterocycles. The van der Waals surface area contributed by atoms with Gasteiger partial charge in [0.15, 0.2) is 6.04 Å². The average Bonchev–Trinajstić information content (AvgIpc) is 2.32. The summed E-state index contributed by atoms with van der Waals surface area (Å²) in [7, 11) is 2.48. The van der Waals surface area contributed by atoms with Crippen LogP contribution < -0.4 is 0 Å². The van der Waals surface area contributed by atoms with Crippen molar-refractivity contribution in [3.8, 4) is 0 Å². The Morgan fingerprint density at radius 3 is 1.52 bits per heavy atom. The number of esters is 1. The number of carbonyl (C=O) groups is 3. The maximum atomic E-state index is 12.4. The van der Waals surface area contributed by atoms with E-state index in [2.05, 4.69) is 4.74 Å². The van der Waals surface area contributed by atoms with Gasteiger partial charge in [0.2, 0.25) is 0 Å². The number of carbonyl (C=O) groups excluding carboxylic acids is 3. The first-order valence-electron chi connectivity index (χ1n) is 7.14. The predicted molar refractivity (Wildman–Crippen MR) is 82.0 cm³/mol. The summed E-state index contributed by atoms with van der Waals surface area (Å²) in [5.74, 6) is -0.816. The van der Waals surface area contributed by atoms with Gasteiger partial charge in [-0.15, -0.1) is 0 Å². The lowest BCUT2D eigenvalue weighted by Crippen LogP contribution is -2.54. The molecular formula is C15H27NO7. The van der Waals surface area contributed by atoms with E-state index in [1.54, 1.807) is 41.5 Å².